The molecule has 2 aromatic carbocycles. The molecule has 0 saturated carbocycles. The number of rotatable bonds is 6. The number of carbonyl (C=O) groups is 1. The fourth-order valence-electron chi connectivity index (χ4n) is 3.39. The summed E-state index contributed by atoms with van der Waals surface area (Å²) in [7, 11) is -3.47. The van der Waals surface area contributed by atoms with Gasteiger partial charge in [0, 0.05) is 24.2 Å². The van der Waals surface area contributed by atoms with Crippen LogP contribution in [0.4, 0.5) is 5.69 Å². The van der Waals surface area contributed by atoms with Gasteiger partial charge in [0.1, 0.15) is 11.4 Å². The lowest BCUT2D eigenvalue weighted by molar-refractivity contribution is -0.113. The van der Waals surface area contributed by atoms with Crippen LogP contribution < -0.4 is 5.32 Å². The number of para-hydroxylation sites is 1. The number of benzene rings is 2. The van der Waals surface area contributed by atoms with Crippen molar-refractivity contribution in [3.05, 3.63) is 54.9 Å². The fourth-order valence-corrected chi connectivity index (χ4v) is 5.70. The van der Waals surface area contributed by atoms with Crippen LogP contribution in [0.25, 0.3) is 10.9 Å². The van der Waals surface area contributed by atoms with Crippen molar-refractivity contribution >= 4 is 44.3 Å². The van der Waals surface area contributed by atoms with Gasteiger partial charge >= 0.3 is 0 Å². The van der Waals surface area contributed by atoms with Crippen LogP contribution in [0, 0.1) is 0 Å². The zero-order valence-corrected chi connectivity index (χ0v) is 18.0. The molecule has 1 aromatic heterocycles. The van der Waals surface area contributed by atoms with Gasteiger partial charge in [0.15, 0.2) is 0 Å². The Hall–Kier alpha value is -2.49. The summed E-state index contributed by atoms with van der Waals surface area (Å²) in [6.07, 6.45) is 4.35. The number of nitrogens with zero attached hydrogens (tertiary/aromatic N) is 3. The number of piperidine rings is 1. The summed E-state index contributed by atoms with van der Waals surface area (Å²) in [5, 5.41) is 4.46. The van der Waals surface area contributed by atoms with Crippen LogP contribution in [-0.4, -0.2) is 47.4 Å². The fraction of sp³-hybridized carbons (Fsp3) is 0.286. The van der Waals surface area contributed by atoms with Crippen molar-refractivity contribution in [2.75, 3.05) is 24.2 Å². The quantitative estimate of drug-likeness (QED) is 0.464. The molecule has 0 spiro atoms. The van der Waals surface area contributed by atoms with Crippen LogP contribution in [0.3, 0.4) is 0 Å². The number of hydrogen-bond acceptors (Lipinski definition) is 6. The molecule has 9 heteroatoms. The molecule has 30 heavy (non-hydrogen) atoms. The first-order valence-electron chi connectivity index (χ1n) is 9.77. The van der Waals surface area contributed by atoms with E-state index in [1.165, 1.54) is 22.4 Å². The number of sulfonamides is 1. The van der Waals surface area contributed by atoms with Crippen LogP contribution in [-0.2, 0) is 14.8 Å². The normalized spacial score (nSPS) is 15.2. The molecule has 1 N–H and O–H groups in total. The first-order chi connectivity index (χ1) is 14.5. The molecule has 0 radical (unpaired) electrons. The van der Waals surface area contributed by atoms with Crippen molar-refractivity contribution < 1.29 is 13.2 Å². The highest BCUT2D eigenvalue weighted by atomic mass is 32.2. The number of fused-ring (bicyclic) bond motifs is 1. The molecular weight excluding hydrogens is 420 g/mol. The van der Waals surface area contributed by atoms with Gasteiger partial charge in [-0.15, -0.1) is 0 Å². The van der Waals surface area contributed by atoms with Crippen LogP contribution in [0.1, 0.15) is 19.3 Å². The van der Waals surface area contributed by atoms with E-state index in [9.17, 15) is 13.2 Å². The molecule has 0 bridgehead atoms. The molecular formula is C21H22N4O3S2. The van der Waals surface area contributed by atoms with Gasteiger partial charge in [0.05, 0.1) is 16.2 Å². The van der Waals surface area contributed by atoms with Gasteiger partial charge in [-0.1, -0.05) is 36.4 Å². The van der Waals surface area contributed by atoms with Gasteiger partial charge in [-0.2, -0.15) is 4.31 Å². The van der Waals surface area contributed by atoms with E-state index in [1.807, 2.05) is 24.3 Å². The number of aromatic nitrogens is 2. The summed E-state index contributed by atoms with van der Waals surface area (Å²) in [5.74, 6) is 0.00352. The summed E-state index contributed by atoms with van der Waals surface area (Å²) >= 11 is 1.34. The monoisotopic (exact) mass is 442 g/mol. The maximum absolute atomic E-state index is 12.7. The number of amides is 1. The van der Waals surface area contributed by atoms with Crippen molar-refractivity contribution in [2.45, 2.75) is 29.2 Å². The molecule has 4 rings (SSSR count). The molecule has 1 aliphatic rings. The van der Waals surface area contributed by atoms with Crippen LogP contribution in [0.5, 0.6) is 0 Å². The van der Waals surface area contributed by atoms with Gasteiger partial charge < -0.3 is 5.32 Å². The van der Waals surface area contributed by atoms with E-state index < -0.39 is 10.0 Å². The third kappa shape index (κ3) is 4.63. The Balaban J connectivity index is 1.38. The maximum atomic E-state index is 12.7. The van der Waals surface area contributed by atoms with E-state index >= 15 is 0 Å². The summed E-state index contributed by atoms with van der Waals surface area (Å²) < 4.78 is 27.0. The second-order valence-corrected chi connectivity index (χ2v) is 9.92. The summed E-state index contributed by atoms with van der Waals surface area (Å²) in [4.78, 5) is 21.1. The number of nitrogens with one attached hydrogen (secondary N) is 1. The predicted octanol–water partition coefficient (Wildman–Crippen LogP) is 3.54. The molecule has 0 unspecified atom stereocenters. The van der Waals surface area contributed by atoms with Gasteiger partial charge in [-0.25, -0.2) is 18.4 Å². The highest BCUT2D eigenvalue weighted by Crippen LogP contribution is 2.25. The topological polar surface area (TPSA) is 92.3 Å². The highest BCUT2D eigenvalue weighted by Gasteiger charge is 2.25. The standard InChI is InChI=1S/C21H22N4O3S2/c26-20(14-29-21-18-6-2-3-7-19(18)22-15-23-21)24-16-8-10-17(11-9-16)30(27,28)25-12-4-1-5-13-25/h2-3,6-11,15H,1,4-5,12-14H2,(H,24,26). The zero-order valence-electron chi connectivity index (χ0n) is 16.3. The Kier molecular flexibility index (Phi) is 6.31. The molecule has 1 fully saturated rings. The van der Waals surface area contributed by atoms with E-state index in [0.29, 0.717) is 18.8 Å². The first-order valence-corrected chi connectivity index (χ1v) is 12.2. The lowest BCUT2D eigenvalue weighted by Gasteiger charge is -2.25. The van der Waals surface area contributed by atoms with Crippen molar-refractivity contribution in [3.63, 3.8) is 0 Å². The maximum Gasteiger partial charge on any atom is 0.243 e. The third-order valence-corrected chi connectivity index (χ3v) is 7.86. The van der Waals surface area contributed by atoms with E-state index in [4.69, 9.17) is 0 Å². The van der Waals surface area contributed by atoms with Gasteiger partial charge in [0.25, 0.3) is 0 Å². The van der Waals surface area contributed by atoms with Gasteiger partial charge in [-0.05, 0) is 43.2 Å². The molecule has 3 aromatic rings. The molecule has 1 saturated heterocycles. The minimum Gasteiger partial charge on any atom is -0.325 e. The molecule has 2 heterocycles. The molecule has 1 aliphatic heterocycles. The number of thioether (sulfide) groups is 1. The van der Waals surface area contributed by atoms with E-state index in [-0.39, 0.29) is 16.6 Å². The average Bonchev–Trinajstić information content (AvgIpc) is 2.78. The van der Waals surface area contributed by atoms with Crippen molar-refractivity contribution in [3.8, 4) is 0 Å². The molecule has 0 aliphatic carbocycles. The van der Waals surface area contributed by atoms with Gasteiger partial charge in [0.2, 0.25) is 15.9 Å². The minimum absolute atomic E-state index is 0.186. The number of carbonyl (C=O) groups excluding carboxylic acids is 1. The zero-order chi connectivity index (χ0) is 21.0. The molecule has 0 atom stereocenters. The van der Waals surface area contributed by atoms with Gasteiger partial charge in [-0.3, -0.25) is 4.79 Å². The lowest BCUT2D eigenvalue weighted by atomic mass is 10.2. The third-order valence-electron chi connectivity index (χ3n) is 4.94. The SMILES string of the molecule is O=C(CSc1ncnc2ccccc12)Nc1ccc(S(=O)(=O)N2CCCCC2)cc1. The Morgan fingerprint density at radius 3 is 2.50 bits per heavy atom. The Morgan fingerprint density at radius 1 is 1.00 bits per heavy atom. The smallest absolute Gasteiger partial charge is 0.243 e. The second-order valence-electron chi connectivity index (χ2n) is 7.02. The Morgan fingerprint density at radius 2 is 1.73 bits per heavy atom. The number of hydrogen-bond donors (Lipinski definition) is 1. The van der Waals surface area contributed by atoms with Crippen molar-refractivity contribution in [1.82, 2.24) is 14.3 Å². The number of anilines is 1. The van der Waals surface area contributed by atoms with Crippen molar-refractivity contribution in [1.29, 1.82) is 0 Å². The van der Waals surface area contributed by atoms with E-state index in [0.717, 1.165) is 35.2 Å². The molecule has 1 amide bonds. The van der Waals surface area contributed by atoms with Crippen LogP contribution in [0.15, 0.2) is 64.8 Å². The summed E-state index contributed by atoms with van der Waals surface area (Å²) in [6, 6.07) is 14.0. The van der Waals surface area contributed by atoms with Crippen LogP contribution in [0.2, 0.25) is 0 Å². The van der Waals surface area contributed by atoms with Crippen LogP contribution >= 0.6 is 11.8 Å². The first kappa shape index (κ1) is 20.8. The average molecular weight is 443 g/mol. The molecule has 156 valence electrons. The summed E-state index contributed by atoms with van der Waals surface area (Å²) in [5.41, 5.74) is 1.40. The second kappa shape index (κ2) is 9.11. The van der Waals surface area contributed by atoms with Crippen molar-refractivity contribution in [2.24, 2.45) is 0 Å². The minimum atomic E-state index is -3.47. The van der Waals surface area contributed by atoms with E-state index in [2.05, 4.69) is 15.3 Å². The Bertz CT molecular complexity index is 1140. The predicted molar refractivity (Wildman–Crippen MR) is 118 cm³/mol. The molecule has 7 nitrogen and oxygen atoms in total. The summed E-state index contributed by atoms with van der Waals surface area (Å²) in [6.45, 7) is 1.13. The highest BCUT2D eigenvalue weighted by molar-refractivity contribution is 8.00. The lowest BCUT2D eigenvalue weighted by Crippen LogP contribution is -2.35. The van der Waals surface area contributed by atoms with E-state index in [1.54, 1.807) is 24.3 Å². The Labute approximate surface area is 180 Å². The largest absolute Gasteiger partial charge is 0.325 e.